The highest BCUT2D eigenvalue weighted by atomic mass is 79.9. The second-order valence-electron chi connectivity index (χ2n) is 5.45. The average Bonchev–Trinajstić information content (AvgIpc) is 2.40. The van der Waals surface area contributed by atoms with E-state index in [4.69, 9.17) is 17.0 Å². The largest absolute Gasteiger partial charge is 0.467 e. The van der Waals surface area contributed by atoms with Gasteiger partial charge in [0.25, 0.3) is 0 Å². The number of benzene rings is 1. The summed E-state index contributed by atoms with van der Waals surface area (Å²) in [5.41, 5.74) is 0.715. The van der Waals surface area contributed by atoms with E-state index in [1.807, 2.05) is 18.2 Å². The maximum atomic E-state index is 6.32. The van der Waals surface area contributed by atoms with E-state index in [9.17, 15) is 0 Å². The van der Waals surface area contributed by atoms with Crippen LogP contribution >= 0.6 is 28.1 Å². The van der Waals surface area contributed by atoms with Crippen LogP contribution in [0.5, 0.6) is 5.75 Å². The van der Waals surface area contributed by atoms with Gasteiger partial charge in [-0.1, -0.05) is 28.9 Å². The van der Waals surface area contributed by atoms with Crippen LogP contribution < -0.4 is 10.1 Å². The highest BCUT2D eigenvalue weighted by Gasteiger charge is 2.52. The van der Waals surface area contributed by atoms with Crippen LogP contribution in [0.15, 0.2) is 35.3 Å². The maximum Gasteiger partial charge on any atom is 0.187 e. The van der Waals surface area contributed by atoms with Crippen molar-refractivity contribution in [2.45, 2.75) is 25.6 Å². The van der Waals surface area contributed by atoms with Crippen molar-refractivity contribution in [2.75, 3.05) is 6.54 Å². The molecule has 3 rings (SSSR count). The Kier molecular flexibility index (Phi) is 3.29. The standard InChI is InChI=1S/C15H17BrN2OS/c1-4-7-18-14(20)17-13-9(2)15(18,3)19-12-6-5-10(16)8-11(12)13/h4-6,8-9,13H,1,7H2,2-3H3,(H,17,20)/t9-,13-,15+/m1/s1. The van der Waals surface area contributed by atoms with E-state index in [0.717, 1.165) is 20.9 Å². The molecule has 0 spiro atoms. The number of nitrogens with zero attached hydrogens (tertiary/aromatic N) is 1. The summed E-state index contributed by atoms with van der Waals surface area (Å²) in [6.07, 6.45) is 1.85. The molecular weight excluding hydrogens is 336 g/mol. The van der Waals surface area contributed by atoms with Gasteiger partial charge in [0.05, 0.1) is 6.04 Å². The maximum absolute atomic E-state index is 6.32. The van der Waals surface area contributed by atoms with Crippen LogP contribution in [0.2, 0.25) is 0 Å². The lowest BCUT2D eigenvalue weighted by atomic mass is 9.81. The Labute approximate surface area is 133 Å². The summed E-state index contributed by atoms with van der Waals surface area (Å²) in [7, 11) is 0. The number of rotatable bonds is 2. The first-order valence-corrected chi connectivity index (χ1v) is 7.85. The summed E-state index contributed by atoms with van der Waals surface area (Å²) in [5, 5.41) is 4.17. The van der Waals surface area contributed by atoms with Crippen molar-refractivity contribution in [2.24, 2.45) is 5.92 Å². The molecule has 1 N–H and O–H groups in total. The Bertz CT molecular complexity index is 591. The molecule has 106 valence electrons. The molecule has 0 saturated carbocycles. The molecule has 3 atom stereocenters. The molecule has 0 radical (unpaired) electrons. The molecule has 5 heteroatoms. The number of fused-ring (bicyclic) bond motifs is 4. The third-order valence-electron chi connectivity index (χ3n) is 4.34. The van der Waals surface area contributed by atoms with E-state index in [2.05, 4.69) is 52.6 Å². The summed E-state index contributed by atoms with van der Waals surface area (Å²) in [4.78, 5) is 2.07. The van der Waals surface area contributed by atoms with Gasteiger partial charge in [0.15, 0.2) is 10.8 Å². The van der Waals surface area contributed by atoms with Crippen LogP contribution in [-0.2, 0) is 0 Å². The smallest absolute Gasteiger partial charge is 0.187 e. The van der Waals surface area contributed by atoms with Crippen molar-refractivity contribution in [1.82, 2.24) is 10.2 Å². The summed E-state index contributed by atoms with van der Waals surface area (Å²) in [6.45, 7) is 8.79. The predicted molar refractivity (Wildman–Crippen MR) is 87.7 cm³/mol. The molecule has 1 saturated heterocycles. The molecule has 20 heavy (non-hydrogen) atoms. The monoisotopic (exact) mass is 352 g/mol. The van der Waals surface area contributed by atoms with Crippen LogP contribution in [0.4, 0.5) is 0 Å². The quantitative estimate of drug-likeness (QED) is 0.649. The highest BCUT2D eigenvalue weighted by Crippen LogP contribution is 2.48. The summed E-state index contributed by atoms with van der Waals surface area (Å²) < 4.78 is 7.38. The molecule has 0 aromatic heterocycles. The van der Waals surface area contributed by atoms with Gasteiger partial charge in [-0.25, -0.2) is 0 Å². The molecule has 1 aromatic rings. The molecule has 2 heterocycles. The van der Waals surface area contributed by atoms with Gasteiger partial charge >= 0.3 is 0 Å². The van der Waals surface area contributed by atoms with Gasteiger partial charge in [0.2, 0.25) is 0 Å². The number of halogens is 1. The van der Waals surface area contributed by atoms with E-state index in [-0.39, 0.29) is 12.0 Å². The third kappa shape index (κ3) is 1.87. The summed E-state index contributed by atoms with van der Waals surface area (Å²) in [5.74, 6) is 1.19. The first-order chi connectivity index (χ1) is 9.47. The number of ether oxygens (including phenoxy) is 1. The van der Waals surface area contributed by atoms with E-state index in [0.29, 0.717) is 6.54 Å². The van der Waals surface area contributed by atoms with Crippen LogP contribution in [0.1, 0.15) is 25.5 Å². The Balaban J connectivity index is 2.12. The summed E-state index contributed by atoms with van der Waals surface area (Å²) in [6, 6.07) is 6.30. The first-order valence-electron chi connectivity index (χ1n) is 6.65. The highest BCUT2D eigenvalue weighted by molar-refractivity contribution is 9.10. The van der Waals surface area contributed by atoms with Crippen LogP contribution in [0.3, 0.4) is 0 Å². The van der Waals surface area contributed by atoms with Crippen molar-refractivity contribution < 1.29 is 4.74 Å². The van der Waals surface area contributed by atoms with Gasteiger partial charge in [-0.05, 0) is 37.3 Å². The molecule has 3 nitrogen and oxygen atoms in total. The Hall–Kier alpha value is -1.07. The molecule has 1 fully saturated rings. The SMILES string of the molecule is C=CCN1C(=S)N[C@H]2c3cc(Br)ccc3O[C@@]1(C)[C@@H]2C. The number of hydrogen-bond donors (Lipinski definition) is 1. The van der Waals surface area contributed by atoms with E-state index >= 15 is 0 Å². The first kappa shape index (κ1) is 13.9. The fraction of sp³-hybridized carbons (Fsp3) is 0.400. The minimum atomic E-state index is -0.442. The lowest BCUT2D eigenvalue weighted by Crippen LogP contribution is -2.68. The molecule has 2 bridgehead atoms. The van der Waals surface area contributed by atoms with Crippen molar-refractivity contribution in [3.8, 4) is 5.75 Å². The zero-order valence-corrected chi connectivity index (χ0v) is 13.9. The second kappa shape index (κ2) is 4.74. The fourth-order valence-electron chi connectivity index (χ4n) is 3.06. The number of nitrogens with one attached hydrogen (secondary N) is 1. The van der Waals surface area contributed by atoms with Gasteiger partial charge in [0.1, 0.15) is 5.75 Å². The van der Waals surface area contributed by atoms with Crippen LogP contribution in [-0.4, -0.2) is 22.3 Å². The molecule has 0 unspecified atom stereocenters. The molecule has 0 amide bonds. The zero-order valence-electron chi connectivity index (χ0n) is 11.5. The predicted octanol–water partition coefficient (Wildman–Crippen LogP) is 3.61. The molecule has 2 aliphatic rings. The van der Waals surface area contributed by atoms with Gasteiger partial charge < -0.3 is 15.0 Å². The zero-order chi connectivity index (χ0) is 14.5. The fourth-order valence-corrected chi connectivity index (χ4v) is 3.82. The molecule has 2 aliphatic heterocycles. The molecular formula is C15H17BrN2OS. The van der Waals surface area contributed by atoms with Crippen molar-refractivity contribution in [3.05, 3.63) is 40.9 Å². The topological polar surface area (TPSA) is 24.5 Å². The Morgan fingerprint density at radius 2 is 2.35 bits per heavy atom. The molecule has 1 aromatic carbocycles. The summed E-state index contributed by atoms with van der Waals surface area (Å²) >= 11 is 9.03. The second-order valence-corrected chi connectivity index (χ2v) is 6.76. The normalized spacial score (nSPS) is 31.1. The molecule has 0 aliphatic carbocycles. The van der Waals surface area contributed by atoms with E-state index < -0.39 is 5.72 Å². The van der Waals surface area contributed by atoms with E-state index in [1.165, 1.54) is 0 Å². The van der Waals surface area contributed by atoms with Gasteiger partial charge in [-0.2, -0.15) is 0 Å². The minimum absolute atomic E-state index is 0.176. The Morgan fingerprint density at radius 1 is 1.60 bits per heavy atom. The van der Waals surface area contributed by atoms with Gasteiger partial charge in [-0.3, -0.25) is 0 Å². The van der Waals surface area contributed by atoms with Gasteiger partial charge in [0, 0.05) is 22.5 Å². The van der Waals surface area contributed by atoms with Crippen LogP contribution in [0, 0.1) is 5.92 Å². The van der Waals surface area contributed by atoms with Crippen molar-refractivity contribution in [1.29, 1.82) is 0 Å². The van der Waals surface area contributed by atoms with Crippen LogP contribution in [0.25, 0.3) is 0 Å². The minimum Gasteiger partial charge on any atom is -0.467 e. The van der Waals surface area contributed by atoms with Gasteiger partial charge in [-0.15, -0.1) is 6.58 Å². The van der Waals surface area contributed by atoms with E-state index in [1.54, 1.807) is 0 Å². The number of hydrogen-bond acceptors (Lipinski definition) is 2. The lowest BCUT2D eigenvalue weighted by molar-refractivity contribution is -0.106. The number of thiocarbonyl (C=S) groups is 1. The average molecular weight is 353 g/mol. The van der Waals surface area contributed by atoms with Crippen molar-refractivity contribution in [3.63, 3.8) is 0 Å². The lowest BCUT2D eigenvalue weighted by Gasteiger charge is -2.56. The third-order valence-corrected chi connectivity index (χ3v) is 5.17. The Morgan fingerprint density at radius 3 is 3.05 bits per heavy atom. The van der Waals surface area contributed by atoms with Crippen molar-refractivity contribution >= 4 is 33.3 Å².